The summed E-state index contributed by atoms with van der Waals surface area (Å²) in [4.78, 5) is 4.76. The second-order valence-electron chi connectivity index (χ2n) is 7.25. The SMILES string of the molecule is CCOc1ccccc1N1CCN(Cc2noc(-c3ccc(F)cc3)c2C)CC1. The van der Waals surface area contributed by atoms with Crippen LogP contribution in [0.2, 0.25) is 0 Å². The molecule has 3 aromatic rings. The summed E-state index contributed by atoms with van der Waals surface area (Å²) < 4.78 is 24.5. The number of para-hydroxylation sites is 2. The van der Waals surface area contributed by atoms with Crippen molar-refractivity contribution in [1.82, 2.24) is 10.1 Å². The van der Waals surface area contributed by atoms with Crippen molar-refractivity contribution in [2.45, 2.75) is 20.4 Å². The second kappa shape index (κ2) is 8.66. The number of nitrogens with zero attached hydrogens (tertiary/aromatic N) is 3. The Morgan fingerprint density at radius 3 is 2.48 bits per heavy atom. The molecule has 152 valence electrons. The number of hydrogen-bond acceptors (Lipinski definition) is 5. The van der Waals surface area contributed by atoms with E-state index < -0.39 is 0 Å². The third-order valence-electron chi connectivity index (χ3n) is 5.38. The van der Waals surface area contributed by atoms with Gasteiger partial charge in [0.25, 0.3) is 0 Å². The Bertz CT molecular complexity index is 947. The summed E-state index contributed by atoms with van der Waals surface area (Å²) in [6.07, 6.45) is 0. The lowest BCUT2D eigenvalue weighted by molar-refractivity contribution is 0.241. The van der Waals surface area contributed by atoms with Crippen LogP contribution in [0.4, 0.5) is 10.1 Å². The molecule has 1 fully saturated rings. The number of aromatic nitrogens is 1. The van der Waals surface area contributed by atoms with E-state index in [2.05, 4.69) is 27.1 Å². The highest BCUT2D eigenvalue weighted by molar-refractivity contribution is 5.61. The smallest absolute Gasteiger partial charge is 0.170 e. The molecule has 4 rings (SSSR count). The predicted octanol–water partition coefficient (Wildman–Crippen LogP) is 4.51. The molecule has 0 N–H and O–H groups in total. The first-order valence-corrected chi connectivity index (χ1v) is 10.1. The number of piperazine rings is 1. The highest BCUT2D eigenvalue weighted by Crippen LogP contribution is 2.30. The molecular formula is C23H26FN3O2. The van der Waals surface area contributed by atoms with E-state index in [0.717, 1.165) is 61.0 Å². The van der Waals surface area contributed by atoms with Crippen LogP contribution >= 0.6 is 0 Å². The first kappa shape index (κ1) is 19.5. The average molecular weight is 395 g/mol. The van der Waals surface area contributed by atoms with E-state index in [0.29, 0.717) is 12.4 Å². The van der Waals surface area contributed by atoms with E-state index in [1.807, 2.05) is 26.0 Å². The molecule has 5 nitrogen and oxygen atoms in total. The van der Waals surface area contributed by atoms with Crippen LogP contribution in [-0.4, -0.2) is 42.8 Å². The van der Waals surface area contributed by atoms with Crippen molar-refractivity contribution in [2.75, 3.05) is 37.7 Å². The lowest BCUT2D eigenvalue weighted by Gasteiger charge is -2.36. The lowest BCUT2D eigenvalue weighted by Crippen LogP contribution is -2.46. The van der Waals surface area contributed by atoms with Crippen molar-refractivity contribution in [3.8, 4) is 17.1 Å². The van der Waals surface area contributed by atoms with Gasteiger partial charge < -0.3 is 14.2 Å². The molecular weight excluding hydrogens is 369 g/mol. The number of anilines is 1. The monoisotopic (exact) mass is 395 g/mol. The molecule has 0 atom stereocenters. The van der Waals surface area contributed by atoms with Crippen molar-refractivity contribution >= 4 is 5.69 Å². The van der Waals surface area contributed by atoms with E-state index >= 15 is 0 Å². The van der Waals surface area contributed by atoms with Crippen LogP contribution in [0.25, 0.3) is 11.3 Å². The summed E-state index contributed by atoms with van der Waals surface area (Å²) in [5.41, 5.74) is 3.96. The van der Waals surface area contributed by atoms with Crippen LogP contribution in [0, 0.1) is 12.7 Å². The Balaban J connectivity index is 1.40. The molecule has 1 saturated heterocycles. The van der Waals surface area contributed by atoms with Gasteiger partial charge in [0.15, 0.2) is 5.76 Å². The maximum Gasteiger partial charge on any atom is 0.170 e. The van der Waals surface area contributed by atoms with Crippen LogP contribution in [0.15, 0.2) is 53.1 Å². The minimum absolute atomic E-state index is 0.255. The molecule has 2 aromatic carbocycles. The quantitative estimate of drug-likeness (QED) is 0.614. The number of benzene rings is 2. The average Bonchev–Trinajstić information content (AvgIpc) is 3.10. The van der Waals surface area contributed by atoms with Gasteiger partial charge in [0.2, 0.25) is 0 Å². The van der Waals surface area contributed by atoms with Crippen LogP contribution < -0.4 is 9.64 Å². The maximum atomic E-state index is 13.2. The van der Waals surface area contributed by atoms with Crippen LogP contribution in [0.3, 0.4) is 0 Å². The Kier molecular flexibility index (Phi) is 5.81. The first-order chi connectivity index (χ1) is 14.2. The summed E-state index contributed by atoms with van der Waals surface area (Å²) in [6, 6.07) is 14.5. The van der Waals surface area contributed by atoms with Gasteiger partial charge in [-0.05, 0) is 50.2 Å². The van der Waals surface area contributed by atoms with Gasteiger partial charge in [-0.2, -0.15) is 0 Å². The highest BCUT2D eigenvalue weighted by atomic mass is 19.1. The maximum absolute atomic E-state index is 13.2. The van der Waals surface area contributed by atoms with Gasteiger partial charge in [-0.25, -0.2) is 4.39 Å². The number of hydrogen-bond donors (Lipinski definition) is 0. The fourth-order valence-corrected chi connectivity index (χ4v) is 3.74. The van der Waals surface area contributed by atoms with Crippen molar-refractivity contribution < 1.29 is 13.7 Å². The summed E-state index contributed by atoms with van der Waals surface area (Å²) in [5.74, 6) is 1.40. The molecule has 1 aliphatic rings. The Hall–Kier alpha value is -2.86. The van der Waals surface area contributed by atoms with Gasteiger partial charge in [-0.15, -0.1) is 0 Å². The molecule has 1 aromatic heterocycles. The topological polar surface area (TPSA) is 41.7 Å². The van der Waals surface area contributed by atoms with Crippen molar-refractivity contribution in [2.24, 2.45) is 0 Å². The molecule has 0 amide bonds. The largest absolute Gasteiger partial charge is 0.492 e. The standard InChI is InChI=1S/C23H26FN3O2/c1-3-28-22-7-5-4-6-21(22)27-14-12-26(13-15-27)16-20-17(2)23(29-25-20)18-8-10-19(24)11-9-18/h4-11H,3,12-16H2,1-2H3. The third-order valence-corrected chi connectivity index (χ3v) is 5.38. The molecule has 0 bridgehead atoms. The molecule has 0 spiro atoms. The molecule has 1 aliphatic heterocycles. The van der Waals surface area contributed by atoms with E-state index in [-0.39, 0.29) is 5.82 Å². The van der Waals surface area contributed by atoms with Crippen molar-refractivity contribution in [3.05, 3.63) is 65.6 Å². The normalized spacial score (nSPS) is 14.9. The van der Waals surface area contributed by atoms with Crippen molar-refractivity contribution in [1.29, 1.82) is 0 Å². The molecule has 0 aliphatic carbocycles. The fraction of sp³-hybridized carbons (Fsp3) is 0.348. The zero-order valence-corrected chi connectivity index (χ0v) is 16.9. The first-order valence-electron chi connectivity index (χ1n) is 10.1. The van der Waals surface area contributed by atoms with E-state index in [1.54, 1.807) is 12.1 Å². The number of halogens is 1. The van der Waals surface area contributed by atoms with Crippen LogP contribution in [0.1, 0.15) is 18.2 Å². The molecule has 6 heteroatoms. The number of rotatable bonds is 6. The minimum Gasteiger partial charge on any atom is -0.492 e. The molecule has 0 saturated carbocycles. The fourth-order valence-electron chi connectivity index (χ4n) is 3.74. The summed E-state index contributed by atoms with van der Waals surface area (Å²) >= 11 is 0. The minimum atomic E-state index is -0.255. The number of ether oxygens (including phenoxy) is 1. The summed E-state index contributed by atoms with van der Waals surface area (Å²) in [7, 11) is 0. The van der Waals surface area contributed by atoms with E-state index in [9.17, 15) is 4.39 Å². The highest BCUT2D eigenvalue weighted by Gasteiger charge is 2.22. The van der Waals surface area contributed by atoms with E-state index in [1.165, 1.54) is 12.1 Å². The Labute approximate surface area is 170 Å². The van der Waals surface area contributed by atoms with E-state index in [4.69, 9.17) is 9.26 Å². The molecule has 29 heavy (non-hydrogen) atoms. The summed E-state index contributed by atoms with van der Waals surface area (Å²) in [5, 5.41) is 4.28. The summed E-state index contributed by atoms with van der Waals surface area (Å²) in [6.45, 7) is 9.19. The third kappa shape index (κ3) is 4.27. The molecule has 0 radical (unpaired) electrons. The zero-order chi connectivity index (χ0) is 20.2. The lowest BCUT2D eigenvalue weighted by atomic mass is 10.1. The second-order valence-corrected chi connectivity index (χ2v) is 7.25. The van der Waals surface area contributed by atoms with Crippen LogP contribution in [0.5, 0.6) is 5.75 Å². The van der Waals surface area contributed by atoms with Gasteiger partial charge in [-0.3, -0.25) is 4.90 Å². The Morgan fingerprint density at radius 2 is 1.76 bits per heavy atom. The van der Waals surface area contributed by atoms with Gasteiger partial charge in [0.05, 0.1) is 12.3 Å². The van der Waals surface area contributed by atoms with Crippen LogP contribution in [-0.2, 0) is 6.54 Å². The Morgan fingerprint density at radius 1 is 1.03 bits per heavy atom. The zero-order valence-electron chi connectivity index (χ0n) is 16.9. The molecule has 2 heterocycles. The molecule has 0 unspecified atom stereocenters. The van der Waals surface area contributed by atoms with Crippen molar-refractivity contribution in [3.63, 3.8) is 0 Å². The van der Waals surface area contributed by atoms with Gasteiger partial charge in [0.1, 0.15) is 17.3 Å². The van der Waals surface area contributed by atoms with Gasteiger partial charge in [0, 0.05) is 43.9 Å². The van der Waals surface area contributed by atoms with Gasteiger partial charge >= 0.3 is 0 Å². The van der Waals surface area contributed by atoms with Gasteiger partial charge in [-0.1, -0.05) is 17.3 Å². The predicted molar refractivity (Wildman–Crippen MR) is 112 cm³/mol.